The third-order valence-corrected chi connectivity index (χ3v) is 2.45. The standard InChI is InChI=1S/C11H13ClFNO2/c1-3-14-10(11(15)16-2)8-5-4-7(13)6-9(8)12/h4-6,10,14H,3H2,1-2H3. The van der Waals surface area contributed by atoms with Crippen molar-refractivity contribution in [2.75, 3.05) is 13.7 Å². The summed E-state index contributed by atoms with van der Waals surface area (Å²) >= 11 is 5.87. The van der Waals surface area contributed by atoms with Gasteiger partial charge in [-0.25, -0.2) is 9.18 Å². The van der Waals surface area contributed by atoms with Crippen LogP contribution in [0.4, 0.5) is 4.39 Å². The summed E-state index contributed by atoms with van der Waals surface area (Å²) in [5.74, 6) is -0.885. The van der Waals surface area contributed by atoms with Gasteiger partial charge in [0, 0.05) is 5.02 Å². The highest BCUT2D eigenvalue weighted by Crippen LogP contribution is 2.24. The number of hydrogen-bond donors (Lipinski definition) is 1. The van der Waals surface area contributed by atoms with E-state index in [2.05, 4.69) is 10.1 Å². The molecule has 16 heavy (non-hydrogen) atoms. The number of hydrogen-bond acceptors (Lipinski definition) is 3. The van der Waals surface area contributed by atoms with Crippen LogP contribution >= 0.6 is 11.6 Å². The van der Waals surface area contributed by atoms with E-state index >= 15 is 0 Å². The van der Waals surface area contributed by atoms with Gasteiger partial charge in [0.05, 0.1) is 7.11 Å². The lowest BCUT2D eigenvalue weighted by molar-refractivity contribution is -0.143. The van der Waals surface area contributed by atoms with Crippen molar-refractivity contribution in [3.63, 3.8) is 0 Å². The van der Waals surface area contributed by atoms with Crippen LogP contribution in [-0.2, 0) is 9.53 Å². The lowest BCUT2D eigenvalue weighted by Gasteiger charge is -2.16. The molecule has 0 heterocycles. The average molecular weight is 246 g/mol. The molecule has 0 aliphatic heterocycles. The van der Waals surface area contributed by atoms with Crippen molar-refractivity contribution in [3.05, 3.63) is 34.6 Å². The number of carbonyl (C=O) groups is 1. The summed E-state index contributed by atoms with van der Waals surface area (Å²) in [6.07, 6.45) is 0. The van der Waals surface area contributed by atoms with Crippen molar-refractivity contribution < 1.29 is 13.9 Å². The number of benzene rings is 1. The van der Waals surface area contributed by atoms with Crippen LogP contribution in [-0.4, -0.2) is 19.6 Å². The van der Waals surface area contributed by atoms with E-state index in [0.717, 1.165) is 0 Å². The Bertz CT molecular complexity index is 384. The van der Waals surface area contributed by atoms with Crippen molar-refractivity contribution in [3.8, 4) is 0 Å². The molecule has 0 amide bonds. The zero-order valence-electron chi connectivity index (χ0n) is 9.09. The molecule has 1 aromatic carbocycles. The van der Waals surface area contributed by atoms with Gasteiger partial charge in [-0.05, 0) is 24.2 Å². The summed E-state index contributed by atoms with van der Waals surface area (Å²) in [6, 6.07) is 3.24. The molecule has 1 atom stereocenters. The molecule has 5 heteroatoms. The van der Waals surface area contributed by atoms with Gasteiger partial charge >= 0.3 is 5.97 Å². The number of esters is 1. The van der Waals surface area contributed by atoms with Gasteiger partial charge in [0.2, 0.25) is 0 Å². The van der Waals surface area contributed by atoms with Crippen LogP contribution in [0.2, 0.25) is 5.02 Å². The maximum Gasteiger partial charge on any atom is 0.327 e. The highest BCUT2D eigenvalue weighted by Gasteiger charge is 2.22. The third-order valence-electron chi connectivity index (χ3n) is 2.12. The summed E-state index contributed by atoms with van der Waals surface area (Å²) in [6.45, 7) is 2.43. The Morgan fingerprint density at radius 3 is 2.81 bits per heavy atom. The van der Waals surface area contributed by atoms with Gasteiger partial charge in [0.1, 0.15) is 11.9 Å². The fourth-order valence-electron chi connectivity index (χ4n) is 1.38. The molecule has 0 saturated carbocycles. The molecule has 0 aromatic heterocycles. The number of carbonyl (C=O) groups excluding carboxylic acids is 1. The average Bonchev–Trinajstić information content (AvgIpc) is 2.26. The summed E-state index contributed by atoms with van der Waals surface area (Å²) in [5.41, 5.74) is 0.511. The molecule has 1 N–H and O–H groups in total. The summed E-state index contributed by atoms with van der Waals surface area (Å²) < 4.78 is 17.5. The van der Waals surface area contributed by atoms with E-state index in [4.69, 9.17) is 11.6 Å². The molecule has 0 aliphatic carbocycles. The highest BCUT2D eigenvalue weighted by molar-refractivity contribution is 6.31. The number of methoxy groups -OCH3 is 1. The van der Waals surface area contributed by atoms with Crippen molar-refractivity contribution in [2.24, 2.45) is 0 Å². The molecule has 3 nitrogen and oxygen atoms in total. The lowest BCUT2D eigenvalue weighted by atomic mass is 10.1. The zero-order valence-corrected chi connectivity index (χ0v) is 9.84. The van der Waals surface area contributed by atoms with E-state index in [1.54, 1.807) is 0 Å². The Morgan fingerprint density at radius 2 is 2.31 bits per heavy atom. The van der Waals surface area contributed by atoms with Crippen LogP contribution in [0.3, 0.4) is 0 Å². The molecule has 1 rings (SSSR count). The van der Waals surface area contributed by atoms with Crippen LogP contribution in [0.5, 0.6) is 0 Å². The minimum atomic E-state index is -0.664. The minimum Gasteiger partial charge on any atom is -0.468 e. The minimum absolute atomic E-state index is 0.205. The Morgan fingerprint density at radius 1 is 1.62 bits per heavy atom. The van der Waals surface area contributed by atoms with Crippen molar-refractivity contribution in [1.82, 2.24) is 5.32 Å². The second kappa shape index (κ2) is 5.82. The van der Waals surface area contributed by atoms with Gasteiger partial charge < -0.3 is 10.1 Å². The summed E-state index contributed by atoms with van der Waals surface area (Å²) in [4.78, 5) is 11.5. The number of ether oxygens (including phenoxy) is 1. The van der Waals surface area contributed by atoms with E-state index in [-0.39, 0.29) is 5.02 Å². The first-order valence-corrected chi connectivity index (χ1v) is 5.24. The number of likely N-dealkylation sites (N-methyl/N-ethyl adjacent to an activating group) is 1. The molecule has 0 spiro atoms. The van der Waals surface area contributed by atoms with Gasteiger partial charge in [-0.15, -0.1) is 0 Å². The van der Waals surface area contributed by atoms with E-state index < -0.39 is 17.8 Å². The number of nitrogens with one attached hydrogen (secondary N) is 1. The molecule has 0 fully saturated rings. The second-order valence-corrected chi connectivity index (χ2v) is 3.59. The molecule has 0 bridgehead atoms. The molecule has 88 valence electrons. The van der Waals surface area contributed by atoms with Crippen LogP contribution in [0, 0.1) is 5.82 Å². The maximum atomic E-state index is 12.9. The van der Waals surface area contributed by atoms with E-state index in [0.29, 0.717) is 12.1 Å². The maximum absolute atomic E-state index is 12.9. The SMILES string of the molecule is CCNC(C(=O)OC)c1ccc(F)cc1Cl. The second-order valence-electron chi connectivity index (χ2n) is 3.18. The van der Waals surface area contributed by atoms with Gasteiger partial charge in [0.15, 0.2) is 0 Å². The Hall–Kier alpha value is -1.13. The first-order valence-electron chi connectivity index (χ1n) is 4.86. The Labute approximate surface area is 98.5 Å². The lowest BCUT2D eigenvalue weighted by Crippen LogP contribution is -2.29. The molecular weight excluding hydrogens is 233 g/mol. The fraction of sp³-hybridized carbons (Fsp3) is 0.364. The van der Waals surface area contributed by atoms with Gasteiger partial charge in [0.25, 0.3) is 0 Å². The van der Waals surface area contributed by atoms with Gasteiger partial charge in [-0.2, -0.15) is 0 Å². The normalized spacial score (nSPS) is 12.2. The predicted octanol–water partition coefficient (Wildman–Crippen LogP) is 2.30. The molecule has 1 unspecified atom stereocenters. The van der Waals surface area contributed by atoms with Crippen LogP contribution in [0.25, 0.3) is 0 Å². The van der Waals surface area contributed by atoms with Crippen molar-refractivity contribution in [1.29, 1.82) is 0 Å². The van der Waals surface area contributed by atoms with Crippen molar-refractivity contribution in [2.45, 2.75) is 13.0 Å². The molecular formula is C11H13ClFNO2. The first kappa shape index (κ1) is 12.9. The first-order chi connectivity index (χ1) is 7.60. The van der Waals surface area contributed by atoms with Crippen LogP contribution in [0.1, 0.15) is 18.5 Å². The predicted molar refractivity (Wildman–Crippen MR) is 59.8 cm³/mol. The smallest absolute Gasteiger partial charge is 0.327 e. The van der Waals surface area contributed by atoms with Crippen LogP contribution < -0.4 is 5.32 Å². The number of rotatable bonds is 4. The quantitative estimate of drug-likeness (QED) is 0.828. The van der Waals surface area contributed by atoms with Gasteiger partial charge in [-0.1, -0.05) is 24.6 Å². The third kappa shape index (κ3) is 2.93. The Kier molecular flexibility index (Phi) is 4.71. The van der Waals surface area contributed by atoms with Crippen molar-refractivity contribution >= 4 is 17.6 Å². The summed E-state index contributed by atoms with van der Waals surface area (Å²) in [5, 5.41) is 3.13. The molecule has 1 aromatic rings. The fourth-order valence-corrected chi connectivity index (χ4v) is 1.65. The highest BCUT2D eigenvalue weighted by atomic mass is 35.5. The Balaban J connectivity index is 3.05. The van der Waals surface area contributed by atoms with Gasteiger partial charge in [-0.3, -0.25) is 0 Å². The topological polar surface area (TPSA) is 38.3 Å². The number of halogens is 2. The molecule has 0 saturated heterocycles. The largest absolute Gasteiger partial charge is 0.468 e. The zero-order chi connectivity index (χ0) is 12.1. The summed E-state index contributed by atoms with van der Waals surface area (Å²) in [7, 11) is 1.30. The van der Waals surface area contributed by atoms with E-state index in [1.807, 2.05) is 6.92 Å². The monoisotopic (exact) mass is 245 g/mol. The van der Waals surface area contributed by atoms with E-state index in [1.165, 1.54) is 25.3 Å². The molecule has 0 aliphatic rings. The van der Waals surface area contributed by atoms with Crippen LogP contribution in [0.15, 0.2) is 18.2 Å². The van der Waals surface area contributed by atoms with E-state index in [9.17, 15) is 9.18 Å². The molecule has 0 radical (unpaired) electrons.